The van der Waals surface area contributed by atoms with Crippen LogP contribution in [0, 0.1) is 11.3 Å². The number of hydrogen-bond donors (Lipinski definition) is 2. The standard InChI is InChI=1S/C16H26N4O/c1-12(2)11-19-6-8-20(9-7-19)15-10-13(21-3)4-5-14(15)16(17)18/h4-5,10,12H,6-9,11H2,1-3H3,(H3,17,18). The van der Waals surface area contributed by atoms with Gasteiger partial charge in [0.05, 0.1) is 12.8 Å². The van der Waals surface area contributed by atoms with Crippen LogP contribution in [0.25, 0.3) is 0 Å². The summed E-state index contributed by atoms with van der Waals surface area (Å²) < 4.78 is 5.31. The van der Waals surface area contributed by atoms with Gasteiger partial charge in [0.2, 0.25) is 0 Å². The van der Waals surface area contributed by atoms with Crippen LogP contribution in [0.3, 0.4) is 0 Å². The van der Waals surface area contributed by atoms with Crippen LogP contribution in [0.5, 0.6) is 5.75 Å². The molecule has 5 heteroatoms. The zero-order valence-electron chi connectivity index (χ0n) is 13.2. The Bertz CT molecular complexity index is 493. The van der Waals surface area contributed by atoms with E-state index in [4.69, 9.17) is 15.9 Å². The first-order valence-electron chi connectivity index (χ1n) is 7.51. The highest BCUT2D eigenvalue weighted by Gasteiger charge is 2.20. The third-order valence-corrected chi connectivity index (χ3v) is 3.83. The van der Waals surface area contributed by atoms with Gasteiger partial charge in [-0.25, -0.2) is 0 Å². The van der Waals surface area contributed by atoms with Crippen molar-refractivity contribution in [3.8, 4) is 5.75 Å². The van der Waals surface area contributed by atoms with Crippen LogP contribution in [0.1, 0.15) is 19.4 Å². The van der Waals surface area contributed by atoms with Crippen molar-refractivity contribution in [3.63, 3.8) is 0 Å². The molecule has 2 rings (SSSR count). The van der Waals surface area contributed by atoms with Gasteiger partial charge >= 0.3 is 0 Å². The fourth-order valence-electron chi connectivity index (χ4n) is 2.82. The fourth-order valence-corrected chi connectivity index (χ4v) is 2.82. The molecule has 1 aliphatic heterocycles. The molecule has 116 valence electrons. The van der Waals surface area contributed by atoms with Crippen molar-refractivity contribution in [2.75, 3.05) is 44.7 Å². The van der Waals surface area contributed by atoms with E-state index in [-0.39, 0.29) is 5.84 Å². The Hall–Kier alpha value is -1.75. The summed E-state index contributed by atoms with van der Waals surface area (Å²) in [5, 5.41) is 7.75. The van der Waals surface area contributed by atoms with Gasteiger partial charge in [0.15, 0.2) is 0 Å². The van der Waals surface area contributed by atoms with E-state index in [0.29, 0.717) is 5.92 Å². The average molecular weight is 290 g/mol. The lowest BCUT2D eigenvalue weighted by Crippen LogP contribution is -2.47. The molecule has 1 aromatic carbocycles. The second-order valence-electron chi connectivity index (χ2n) is 5.98. The number of hydrogen-bond acceptors (Lipinski definition) is 4. The highest BCUT2D eigenvalue weighted by Crippen LogP contribution is 2.27. The average Bonchev–Trinajstić information content (AvgIpc) is 2.46. The Balaban J connectivity index is 2.13. The molecule has 0 radical (unpaired) electrons. The summed E-state index contributed by atoms with van der Waals surface area (Å²) in [4.78, 5) is 4.80. The SMILES string of the molecule is COc1ccc(C(=N)N)c(N2CCN(CC(C)C)CC2)c1. The largest absolute Gasteiger partial charge is 0.497 e. The minimum Gasteiger partial charge on any atom is -0.497 e. The van der Waals surface area contributed by atoms with Crippen molar-refractivity contribution in [2.24, 2.45) is 11.7 Å². The molecule has 3 N–H and O–H groups in total. The number of anilines is 1. The van der Waals surface area contributed by atoms with Crippen molar-refractivity contribution in [2.45, 2.75) is 13.8 Å². The molecule has 21 heavy (non-hydrogen) atoms. The molecule has 1 heterocycles. The van der Waals surface area contributed by atoms with Gasteiger partial charge in [0.1, 0.15) is 11.6 Å². The molecule has 0 bridgehead atoms. The number of nitrogens with zero attached hydrogens (tertiary/aromatic N) is 2. The van der Waals surface area contributed by atoms with E-state index in [1.807, 2.05) is 18.2 Å². The second-order valence-corrected chi connectivity index (χ2v) is 5.98. The second kappa shape index (κ2) is 6.80. The summed E-state index contributed by atoms with van der Waals surface area (Å²) in [6.07, 6.45) is 0. The molecule has 1 aliphatic rings. The van der Waals surface area contributed by atoms with Gasteiger partial charge in [-0.1, -0.05) is 13.8 Å². The number of benzene rings is 1. The topological polar surface area (TPSA) is 65.6 Å². The number of methoxy groups -OCH3 is 1. The molecule has 0 aliphatic carbocycles. The maximum atomic E-state index is 7.75. The zero-order chi connectivity index (χ0) is 15.4. The maximum Gasteiger partial charge on any atom is 0.124 e. The molecule has 1 saturated heterocycles. The van der Waals surface area contributed by atoms with E-state index in [2.05, 4.69) is 23.6 Å². The van der Waals surface area contributed by atoms with Crippen LogP contribution in [0.15, 0.2) is 18.2 Å². The Labute approximate surface area is 127 Å². The van der Waals surface area contributed by atoms with Gasteiger partial charge < -0.3 is 15.4 Å². The van der Waals surface area contributed by atoms with Crippen LogP contribution in [0.2, 0.25) is 0 Å². The van der Waals surface area contributed by atoms with Crippen LogP contribution in [0.4, 0.5) is 5.69 Å². The van der Waals surface area contributed by atoms with E-state index in [9.17, 15) is 0 Å². The van der Waals surface area contributed by atoms with Crippen LogP contribution in [-0.4, -0.2) is 50.6 Å². The Morgan fingerprint density at radius 1 is 1.29 bits per heavy atom. The van der Waals surface area contributed by atoms with Gasteiger partial charge in [-0.15, -0.1) is 0 Å². The Kier molecular flexibility index (Phi) is 5.07. The van der Waals surface area contributed by atoms with Gasteiger partial charge in [-0.3, -0.25) is 10.3 Å². The molecule has 0 aromatic heterocycles. The van der Waals surface area contributed by atoms with Crippen molar-refractivity contribution in [1.29, 1.82) is 5.41 Å². The summed E-state index contributed by atoms with van der Waals surface area (Å²) in [6.45, 7) is 9.66. The molecule has 1 fully saturated rings. The molecule has 0 amide bonds. The van der Waals surface area contributed by atoms with Crippen molar-refractivity contribution >= 4 is 11.5 Å². The molecule has 5 nitrogen and oxygen atoms in total. The highest BCUT2D eigenvalue weighted by molar-refractivity contribution is 6.00. The lowest BCUT2D eigenvalue weighted by atomic mass is 10.1. The number of piperazine rings is 1. The minimum absolute atomic E-state index is 0.109. The number of ether oxygens (including phenoxy) is 1. The van der Waals surface area contributed by atoms with Gasteiger partial charge in [-0.05, 0) is 18.1 Å². The van der Waals surface area contributed by atoms with E-state index < -0.39 is 0 Å². The number of nitrogen functional groups attached to an aromatic ring is 1. The molecule has 0 atom stereocenters. The predicted molar refractivity (Wildman–Crippen MR) is 87.5 cm³/mol. The van der Waals surface area contributed by atoms with Crippen molar-refractivity contribution in [1.82, 2.24) is 4.90 Å². The monoisotopic (exact) mass is 290 g/mol. The lowest BCUT2D eigenvalue weighted by Gasteiger charge is -2.37. The third-order valence-electron chi connectivity index (χ3n) is 3.83. The van der Waals surface area contributed by atoms with Crippen molar-refractivity contribution < 1.29 is 4.74 Å². The highest BCUT2D eigenvalue weighted by atomic mass is 16.5. The quantitative estimate of drug-likeness (QED) is 0.640. The first-order chi connectivity index (χ1) is 10.0. The summed E-state index contributed by atoms with van der Waals surface area (Å²) in [5.41, 5.74) is 7.50. The van der Waals surface area contributed by atoms with E-state index >= 15 is 0 Å². The molecular formula is C16H26N4O. The first-order valence-corrected chi connectivity index (χ1v) is 7.51. The Morgan fingerprint density at radius 2 is 1.95 bits per heavy atom. The normalized spacial score (nSPS) is 16.3. The number of nitrogens with one attached hydrogen (secondary N) is 1. The summed E-state index contributed by atoms with van der Waals surface area (Å²) in [6, 6.07) is 5.71. The van der Waals surface area contributed by atoms with Gasteiger partial charge in [0.25, 0.3) is 0 Å². The molecule has 0 saturated carbocycles. The summed E-state index contributed by atoms with van der Waals surface area (Å²) in [5.74, 6) is 1.61. The van der Waals surface area contributed by atoms with Crippen LogP contribution >= 0.6 is 0 Å². The zero-order valence-corrected chi connectivity index (χ0v) is 13.2. The number of amidine groups is 1. The lowest BCUT2D eigenvalue weighted by molar-refractivity contribution is 0.231. The predicted octanol–water partition coefficient (Wildman–Crippen LogP) is 1.76. The first kappa shape index (κ1) is 15.6. The van der Waals surface area contributed by atoms with Gasteiger partial charge in [0, 0.05) is 44.4 Å². The van der Waals surface area contributed by atoms with E-state index in [1.165, 1.54) is 0 Å². The van der Waals surface area contributed by atoms with Crippen LogP contribution in [-0.2, 0) is 0 Å². The number of rotatable bonds is 5. The summed E-state index contributed by atoms with van der Waals surface area (Å²) in [7, 11) is 1.66. The van der Waals surface area contributed by atoms with Crippen molar-refractivity contribution in [3.05, 3.63) is 23.8 Å². The van der Waals surface area contributed by atoms with Gasteiger partial charge in [-0.2, -0.15) is 0 Å². The number of nitrogens with two attached hydrogens (primary N) is 1. The molecular weight excluding hydrogens is 264 g/mol. The van der Waals surface area contributed by atoms with E-state index in [1.54, 1.807) is 7.11 Å². The molecule has 0 unspecified atom stereocenters. The molecule has 0 spiro atoms. The van der Waals surface area contributed by atoms with E-state index in [0.717, 1.165) is 49.7 Å². The smallest absolute Gasteiger partial charge is 0.124 e. The fraction of sp³-hybridized carbons (Fsp3) is 0.562. The Morgan fingerprint density at radius 3 is 2.48 bits per heavy atom. The maximum absolute atomic E-state index is 7.75. The molecule has 1 aromatic rings. The van der Waals surface area contributed by atoms with Crippen LogP contribution < -0.4 is 15.4 Å². The summed E-state index contributed by atoms with van der Waals surface area (Å²) >= 11 is 0. The third kappa shape index (κ3) is 3.88. The minimum atomic E-state index is 0.109.